The van der Waals surface area contributed by atoms with E-state index in [4.69, 9.17) is 0 Å². The highest BCUT2D eigenvalue weighted by atomic mass is 15.1. The number of anilines is 3. The van der Waals surface area contributed by atoms with Gasteiger partial charge in [0.2, 0.25) is 0 Å². The number of rotatable bonds is 7. The highest BCUT2D eigenvalue weighted by Gasteiger charge is 2.17. The zero-order chi connectivity index (χ0) is 35.8. The van der Waals surface area contributed by atoms with E-state index in [0.29, 0.717) is 0 Å². The van der Waals surface area contributed by atoms with E-state index in [9.17, 15) is 0 Å². The number of hydrogen-bond donors (Lipinski definition) is 0. The van der Waals surface area contributed by atoms with Gasteiger partial charge in [-0.2, -0.15) is 0 Å². The molecule has 9 aromatic carbocycles. The number of hydrogen-bond acceptors (Lipinski definition) is 1. The summed E-state index contributed by atoms with van der Waals surface area (Å²) in [6.07, 6.45) is 0. The van der Waals surface area contributed by atoms with Crippen LogP contribution in [0.1, 0.15) is 0 Å². The van der Waals surface area contributed by atoms with Crippen LogP contribution in [0.15, 0.2) is 218 Å². The Bertz CT molecular complexity index is 2920. The maximum atomic E-state index is 2.38. The van der Waals surface area contributed by atoms with Crippen molar-refractivity contribution >= 4 is 49.6 Å². The average Bonchev–Trinajstić information content (AvgIpc) is 3.59. The zero-order valence-corrected chi connectivity index (χ0v) is 29.7. The molecule has 0 aliphatic heterocycles. The van der Waals surface area contributed by atoms with Crippen LogP contribution >= 0.6 is 0 Å². The van der Waals surface area contributed by atoms with E-state index in [1.165, 1.54) is 66.0 Å². The third-order valence-electron chi connectivity index (χ3n) is 10.6. The van der Waals surface area contributed by atoms with Crippen LogP contribution in [0.3, 0.4) is 0 Å². The molecule has 10 aromatic rings. The number of nitrogens with zero attached hydrogens (tertiary/aromatic N) is 2. The molecule has 2 nitrogen and oxygen atoms in total. The fourth-order valence-corrected chi connectivity index (χ4v) is 8.10. The molecule has 10 rings (SSSR count). The van der Waals surface area contributed by atoms with Gasteiger partial charge in [0.15, 0.2) is 0 Å². The van der Waals surface area contributed by atoms with Crippen LogP contribution < -0.4 is 4.90 Å². The minimum Gasteiger partial charge on any atom is -0.310 e. The van der Waals surface area contributed by atoms with Crippen LogP contribution in [0, 0.1) is 0 Å². The van der Waals surface area contributed by atoms with Crippen LogP contribution in [0.25, 0.3) is 71.6 Å². The van der Waals surface area contributed by atoms with Gasteiger partial charge < -0.3 is 9.47 Å². The third kappa shape index (κ3) is 5.53. The summed E-state index contributed by atoms with van der Waals surface area (Å²) in [5.41, 5.74) is 14.1. The van der Waals surface area contributed by atoms with Crippen molar-refractivity contribution in [2.75, 3.05) is 4.90 Å². The van der Waals surface area contributed by atoms with Crippen molar-refractivity contribution in [2.45, 2.75) is 0 Å². The summed E-state index contributed by atoms with van der Waals surface area (Å²) in [4.78, 5) is 2.35. The Kier molecular flexibility index (Phi) is 7.85. The molecule has 1 heterocycles. The first-order chi connectivity index (χ1) is 26.8. The number of fused-ring (bicyclic) bond motifs is 4. The molecule has 0 unspecified atom stereocenters. The molecular formula is C52H36N2. The molecule has 254 valence electrons. The van der Waals surface area contributed by atoms with E-state index in [2.05, 4.69) is 228 Å². The molecule has 0 amide bonds. The van der Waals surface area contributed by atoms with Crippen LogP contribution in [0.5, 0.6) is 0 Å². The van der Waals surface area contributed by atoms with Crippen LogP contribution in [-0.4, -0.2) is 4.57 Å². The molecule has 0 spiro atoms. The molecule has 0 atom stereocenters. The summed E-state index contributed by atoms with van der Waals surface area (Å²) in [6.45, 7) is 0. The Morgan fingerprint density at radius 3 is 1.70 bits per heavy atom. The smallest absolute Gasteiger partial charge is 0.0547 e. The molecule has 0 aliphatic carbocycles. The van der Waals surface area contributed by atoms with Crippen molar-refractivity contribution in [2.24, 2.45) is 0 Å². The van der Waals surface area contributed by atoms with Gasteiger partial charge in [0, 0.05) is 33.5 Å². The second kappa shape index (κ2) is 13.4. The summed E-state index contributed by atoms with van der Waals surface area (Å²) >= 11 is 0. The predicted octanol–water partition coefficient (Wildman–Crippen LogP) is 14.4. The van der Waals surface area contributed by atoms with Crippen molar-refractivity contribution in [1.82, 2.24) is 4.57 Å². The topological polar surface area (TPSA) is 8.17 Å². The quantitative estimate of drug-likeness (QED) is 0.162. The van der Waals surface area contributed by atoms with Crippen molar-refractivity contribution in [3.05, 3.63) is 218 Å². The number of aromatic nitrogens is 1. The maximum Gasteiger partial charge on any atom is 0.0547 e. The second-order valence-corrected chi connectivity index (χ2v) is 13.8. The summed E-state index contributed by atoms with van der Waals surface area (Å²) in [5, 5.41) is 5.04. The summed E-state index contributed by atoms with van der Waals surface area (Å²) in [5.74, 6) is 0. The van der Waals surface area contributed by atoms with Crippen molar-refractivity contribution in [3.63, 3.8) is 0 Å². The van der Waals surface area contributed by atoms with Gasteiger partial charge in [0.1, 0.15) is 0 Å². The SMILES string of the molecule is c1ccc(N(c2ccc(-c3cccc4ccccc34)cc2)c2cccc(-c3cccc(-c4cccc5c4c4ccccc4n5-c4ccccc4)c3)c2)cc1. The molecule has 2 heteroatoms. The summed E-state index contributed by atoms with van der Waals surface area (Å²) in [7, 11) is 0. The van der Waals surface area contributed by atoms with Gasteiger partial charge in [-0.05, 0) is 111 Å². The fraction of sp³-hybridized carbons (Fsp3) is 0. The van der Waals surface area contributed by atoms with E-state index >= 15 is 0 Å². The monoisotopic (exact) mass is 688 g/mol. The normalized spacial score (nSPS) is 11.3. The number of benzene rings is 9. The van der Waals surface area contributed by atoms with E-state index in [1.54, 1.807) is 0 Å². The Hall–Kier alpha value is -7.16. The number of para-hydroxylation sites is 3. The van der Waals surface area contributed by atoms with E-state index in [1.807, 2.05) is 0 Å². The Morgan fingerprint density at radius 1 is 0.315 bits per heavy atom. The molecule has 0 N–H and O–H groups in total. The molecule has 0 saturated heterocycles. The maximum absolute atomic E-state index is 2.38. The lowest BCUT2D eigenvalue weighted by Gasteiger charge is -2.26. The predicted molar refractivity (Wildman–Crippen MR) is 229 cm³/mol. The molecule has 0 bridgehead atoms. The summed E-state index contributed by atoms with van der Waals surface area (Å²) < 4.78 is 2.38. The van der Waals surface area contributed by atoms with Gasteiger partial charge in [0.25, 0.3) is 0 Å². The molecule has 54 heavy (non-hydrogen) atoms. The molecule has 0 saturated carbocycles. The lowest BCUT2D eigenvalue weighted by Crippen LogP contribution is -2.09. The fourth-order valence-electron chi connectivity index (χ4n) is 8.10. The van der Waals surface area contributed by atoms with Crippen LogP contribution in [-0.2, 0) is 0 Å². The van der Waals surface area contributed by atoms with E-state index in [0.717, 1.165) is 22.7 Å². The first-order valence-corrected chi connectivity index (χ1v) is 18.5. The lowest BCUT2D eigenvalue weighted by atomic mass is 9.95. The highest BCUT2D eigenvalue weighted by Crippen LogP contribution is 2.41. The molecule has 1 aromatic heterocycles. The van der Waals surface area contributed by atoms with Gasteiger partial charge >= 0.3 is 0 Å². The minimum absolute atomic E-state index is 1.11. The van der Waals surface area contributed by atoms with Gasteiger partial charge in [-0.15, -0.1) is 0 Å². The Balaban J connectivity index is 1.06. The van der Waals surface area contributed by atoms with Crippen molar-refractivity contribution in [1.29, 1.82) is 0 Å². The lowest BCUT2D eigenvalue weighted by molar-refractivity contribution is 1.18. The largest absolute Gasteiger partial charge is 0.310 e. The standard InChI is InChI=1S/C52H36N2/c1-3-20-42(21-4-1)53(44-33-31-38(32-34-44)47-27-13-16-37-15-7-8-25-46(37)47)45-24-12-18-40(36-45)39-17-11-19-41(35-39)48-28-14-30-51-52(48)49-26-9-10-29-50(49)54(51)43-22-5-2-6-23-43/h1-36H. The minimum atomic E-state index is 1.11. The molecule has 0 aliphatic rings. The molecular weight excluding hydrogens is 653 g/mol. The highest BCUT2D eigenvalue weighted by molar-refractivity contribution is 6.16. The average molecular weight is 689 g/mol. The first-order valence-electron chi connectivity index (χ1n) is 18.5. The molecule has 0 radical (unpaired) electrons. The van der Waals surface area contributed by atoms with Crippen molar-refractivity contribution < 1.29 is 0 Å². The van der Waals surface area contributed by atoms with Crippen LogP contribution in [0.4, 0.5) is 17.1 Å². The van der Waals surface area contributed by atoms with Gasteiger partial charge in [-0.3, -0.25) is 0 Å². The Morgan fingerprint density at radius 2 is 0.870 bits per heavy atom. The summed E-state index contributed by atoms with van der Waals surface area (Å²) in [6, 6.07) is 78.8. The van der Waals surface area contributed by atoms with Crippen LogP contribution in [0.2, 0.25) is 0 Å². The Labute approximate surface area is 315 Å². The van der Waals surface area contributed by atoms with Crippen molar-refractivity contribution in [3.8, 4) is 39.1 Å². The van der Waals surface area contributed by atoms with Gasteiger partial charge in [-0.25, -0.2) is 0 Å². The molecule has 0 fully saturated rings. The van der Waals surface area contributed by atoms with E-state index in [-0.39, 0.29) is 0 Å². The van der Waals surface area contributed by atoms with Gasteiger partial charge in [0.05, 0.1) is 11.0 Å². The van der Waals surface area contributed by atoms with E-state index < -0.39 is 0 Å². The van der Waals surface area contributed by atoms with Gasteiger partial charge in [-0.1, -0.05) is 152 Å². The third-order valence-corrected chi connectivity index (χ3v) is 10.6. The second-order valence-electron chi connectivity index (χ2n) is 13.8. The zero-order valence-electron chi connectivity index (χ0n) is 29.7. The first kappa shape index (κ1) is 31.6.